The van der Waals surface area contributed by atoms with E-state index in [-0.39, 0.29) is 58.9 Å². The Labute approximate surface area is 438 Å². The molecular weight excluding hydrogens is 939 g/mol. The van der Waals surface area contributed by atoms with Crippen LogP contribution in [0.1, 0.15) is 27.7 Å². The van der Waals surface area contributed by atoms with Crippen LogP contribution in [0.5, 0.6) is 0 Å². The summed E-state index contributed by atoms with van der Waals surface area (Å²) in [7, 11) is -3.44. The van der Waals surface area contributed by atoms with Gasteiger partial charge in [0, 0.05) is 0 Å². The zero-order chi connectivity index (χ0) is 43.7. The molecule has 0 amide bonds. The van der Waals surface area contributed by atoms with Crippen LogP contribution in [0.15, 0.2) is 253 Å². The first-order valence-electron chi connectivity index (χ1n) is 22.4. The van der Waals surface area contributed by atoms with Crippen molar-refractivity contribution in [2.45, 2.75) is 32.7 Å². The molecular formula is C63H51Cl3SiTi. The maximum Gasteiger partial charge on any atom is 4.00 e. The van der Waals surface area contributed by atoms with Crippen molar-refractivity contribution in [3.05, 3.63) is 259 Å². The fourth-order valence-corrected chi connectivity index (χ4v) is 16.4. The van der Waals surface area contributed by atoms with Gasteiger partial charge in [-0.05, 0) is 101 Å². The van der Waals surface area contributed by atoms with Gasteiger partial charge in [0.1, 0.15) is 8.07 Å². The summed E-state index contributed by atoms with van der Waals surface area (Å²) in [6.45, 7) is 9.48. The fraction of sp³-hybridized carbons (Fsp3) is 0.0794. The Kier molecular flexibility index (Phi) is 16.8. The van der Waals surface area contributed by atoms with Crippen molar-refractivity contribution in [2.24, 2.45) is 0 Å². The molecule has 0 aliphatic heterocycles. The molecule has 1 aliphatic carbocycles. The van der Waals surface area contributed by atoms with Crippen molar-refractivity contribution >= 4 is 23.6 Å². The van der Waals surface area contributed by atoms with Crippen LogP contribution < -0.4 is 52.8 Å². The zero-order valence-electron chi connectivity index (χ0n) is 38.7. The standard InChI is InChI=1S/C63H51Si.3ClH.Ti/c1-45-44-63(4,47(3)46(45)2)64(60-38-54(48-23-11-5-12-24-48)35-55(39-60)49-25-13-6-14-26-49,61-40-56(50-27-15-7-16-28-50)36-57(41-61)51-29-17-8-18-30-51)62-42-58(52-31-19-9-20-32-52)37-59(43-62)53-33-21-10-22-34-53;;;;/h5-43H,1-4H3;3*1H;/q-1;;;;+4/p-3. The molecule has 0 saturated heterocycles. The second kappa shape index (κ2) is 22.1. The third kappa shape index (κ3) is 9.63. The van der Waals surface area contributed by atoms with Gasteiger partial charge in [-0.25, -0.2) is 5.57 Å². The molecule has 0 heterocycles. The van der Waals surface area contributed by atoms with Gasteiger partial charge in [-0.15, -0.1) is 6.92 Å². The molecule has 0 nitrogen and oxygen atoms in total. The van der Waals surface area contributed by atoms with E-state index in [1.807, 2.05) is 0 Å². The Morgan fingerprint density at radius 2 is 0.515 bits per heavy atom. The van der Waals surface area contributed by atoms with E-state index in [2.05, 4.69) is 270 Å². The quantitative estimate of drug-likeness (QED) is 0.0894. The predicted molar refractivity (Wildman–Crippen MR) is 276 cm³/mol. The molecule has 1 atom stereocenters. The van der Waals surface area contributed by atoms with Crippen LogP contribution in [0.25, 0.3) is 66.8 Å². The van der Waals surface area contributed by atoms with Gasteiger partial charge in [0.15, 0.2) is 0 Å². The average molecular weight is 990 g/mol. The summed E-state index contributed by atoms with van der Waals surface area (Å²) in [5.74, 6) is 0. The smallest absolute Gasteiger partial charge is 1.00 e. The third-order valence-corrected chi connectivity index (χ3v) is 19.3. The van der Waals surface area contributed by atoms with Crippen molar-refractivity contribution in [1.29, 1.82) is 0 Å². The monoisotopic (exact) mass is 988 g/mol. The largest absolute Gasteiger partial charge is 4.00 e. The van der Waals surface area contributed by atoms with E-state index in [0.717, 1.165) is 0 Å². The molecule has 9 aromatic carbocycles. The van der Waals surface area contributed by atoms with Crippen LogP contribution in [0.2, 0.25) is 5.04 Å². The molecule has 68 heavy (non-hydrogen) atoms. The van der Waals surface area contributed by atoms with E-state index in [4.69, 9.17) is 0 Å². The van der Waals surface area contributed by atoms with Crippen LogP contribution in [0.4, 0.5) is 0 Å². The van der Waals surface area contributed by atoms with Crippen molar-refractivity contribution in [3.8, 4) is 66.8 Å². The van der Waals surface area contributed by atoms with Gasteiger partial charge in [-0.3, -0.25) is 6.08 Å². The van der Waals surface area contributed by atoms with Crippen molar-refractivity contribution < 1.29 is 58.9 Å². The number of allylic oxidation sites excluding steroid dienone is 4. The van der Waals surface area contributed by atoms with Crippen LogP contribution >= 0.6 is 0 Å². The first-order valence-corrected chi connectivity index (χ1v) is 24.4. The zero-order valence-corrected chi connectivity index (χ0v) is 43.5. The molecule has 0 spiro atoms. The Balaban J connectivity index is 0.00000190. The van der Waals surface area contributed by atoms with Crippen molar-refractivity contribution in [1.82, 2.24) is 0 Å². The van der Waals surface area contributed by atoms with Crippen molar-refractivity contribution in [3.63, 3.8) is 0 Å². The Bertz CT molecular complexity index is 2700. The molecule has 10 rings (SSSR count). The second-order valence-electron chi connectivity index (χ2n) is 17.5. The Morgan fingerprint density at radius 1 is 0.309 bits per heavy atom. The summed E-state index contributed by atoms with van der Waals surface area (Å²) < 4.78 is 0. The second-order valence-corrected chi connectivity index (χ2v) is 21.7. The minimum Gasteiger partial charge on any atom is -1.00 e. The minimum absolute atomic E-state index is 0. The van der Waals surface area contributed by atoms with Gasteiger partial charge in [0.05, 0.1) is 0 Å². The molecule has 0 radical (unpaired) electrons. The molecule has 1 unspecified atom stereocenters. The van der Waals surface area contributed by atoms with Gasteiger partial charge < -0.3 is 37.2 Å². The third-order valence-electron chi connectivity index (χ3n) is 13.8. The van der Waals surface area contributed by atoms with E-state index in [0.29, 0.717) is 0 Å². The molecule has 0 saturated carbocycles. The number of rotatable bonds is 10. The van der Waals surface area contributed by atoms with Gasteiger partial charge in [0.2, 0.25) is 0 Å². The first kappa shape index (κ1) is 51.6. The molecule has 332 valence electrons. The van der Waals surface area contributed by atoms with Gasteiger partial charge in [-0.2, -0.15) is 11.1 Å². The van der Waals surface area contributed by atoms with Gasteiger partial charge in [-0.1, -0.05) is 244 Å². The number of hydrogen-bond donors (Lipinski definition) is 0. The van der Waals surface area contributed by atoms with Gasteiger partial charge >= 0.3 is 21.7 Å². The van der Waals surface area contributed by atoms with E-state index in [1.54, 1.807) is 0 Å². The number of halogens is 3. The molecule has 1 aliphatic rings. The van der Waals surface area contributed by atoms with E-state index in [1.165, 1.54) is 99.0 Å². The molecule has 0 bridgehead atoms. The number of benzene rings is 9. The van der Waals surface area contributed by atoms with E-state index < -0.39 is 13.1 Å². The van der Waals surface area contributed by atoms with Crippen LogP contribution in [0.3, 0.4) is 0 Å². The first-order chi connectivity index (χ1) is 31.3. The van der Waals surface area contributed by atoms with Gasteiger partial charge in [0.25, 0.3) is 0 Å². The van der Waals surface area contributed by atoms with Crippen LogP contribution in [-0.4, -0.2) is 8.07 Å². The molecule has 0 N–H and O–H groups in total. The summed E-state index contributed by atoms with van der Waals surface area (Å²) in [5.41, 5.74) is 18.4. The van der Waals surface area contributed by atoms with Crippen LogP contribution in [-0.2, 0) is 21.7 Å². The fourth-order valence-electron chi connectivity index (χ4n) is 10.3. The van der Waals surface area contributed by atoms with E-state index >= 15 is 0 Å². The Morgan fingerprint density at radius 3 is 0.691 bits per heavy atom. The normalized spacial score (nSPS) is 14.1. The molecule has 0 aromatic heterocycles. The van der Waals surface area contributed by atoms with E-state index in [9.17, 15) is 0 Å². The summed E-state index contributed by atoms with van der Waals surface area (Å²) in [4.78, 5) is 0. The molecule has 5 heteroatoms. The van der Waals surface area contributed by atoms with Crippen LogP contribution in [0, 0.1) is 6.08 Å². The maximum absolute atomic E-state index is 4.33. The molecule has 0 fully saturated rings. The summed E-state index contributed by atoms with van der Waals surface area (Å²) in [5, 5.41) is 3.52. The SMILES string of the molecule is CC1=[C-]C(C)([Si](c2cc(-c3ccccc3)cc(-c3ccccc3)c2)(c2cc(-c3ccccc3)cc(-c3ccccc3)c2)c2cc(-c3ccccc3)cc(-c3ccccc3)c2)C(C)=C1C.[Cl-].[Cl-].[Cl-].[Ti+4]. The Hall–Kier alpha value is -5.74. The maximum atomic E-state index is 4.33. The van der Waals surface area contributed by atoms with Crippen molar-refractivity contribution in [2.75, 3.05) is 0 Å². The number of hydrogen-bond acceptors (Lipinski definition) is 0. The summed E-state index contributed by atoms with van der Waals surface area (Å²) in [6, 6.07) is 88.2. The summed E-state index contributed by atoms with van der Waals surface area (Å²) in [6.07, 6.45) is 4.33. The average Bonchev–Trinajstić information content (AvgIpc) is 3.57. The summed E-state index contributed by atoms with van der Waals surface area (Å²) >= 11 is 0. The molecule has 9 aromatic rings. The topological polar surface area (TPSA) is 0 Å². The minimum atomic E-state index is -3.44. The predicted octanol–water partition coefficient (Wildman–Crippen LogP) is 6.03.